The lowest BCUT2D eigenvalue weighted by molar-refractivity contribution is -0.120. The summed E-state index contributed by atoms with van der Waals surface area (Å²) in [7, 11) is 1.63. The summed E-state index contributed by atoms with van der Waals surface area (Å²) in [4.78, 5) is 28.7. The third-order valence-corrected chi connectivity index (χ3v) is 5.17. The van der Waals surface area contributed by atoms with Crippen LogP contribution in [0.5, 0.6) is 0 Å². The molecule has 1 aromatic carbocycles. The van der Waals surface area contributed by atoms with Gasteiger partial charge in [-0.25, -0.2) is 4.39 Å². The highest BCUT2D eigenvalue weighted by molar-refractivity contribution is 7.12. The van der Waals surface area contributed by atoms with Gasteiger partial charge in [0.05, 0.1) is 10.6 Å². The average Bonchev–Trinajstić information content (AvgIpc) is 3.12. The first-order valence-corrected chi connectivity index (χ1v) is 8.26. The van der Waals surface area contributed by atoms with Gasteiger partial charge >= 0.3 is 0 Å². The number of thiophene rings is 1. The number of hydrogen-bond donors (Lipinski definition) is 0. The van der Waals surface area contributed by atoms with E-state index in [-0.39, 0.29) is 17.5 Å². The van der Waals surface area contributed by atoms with Gasteiger partial charge in [-0.05, 0) is 42.5 Å². The molecule has 6 heteroatoms. The Morgan fingerprint density at radius 1 is 1.35 bits per heavy atom. The van der Waals surface area contributed by atoms with Crippen LogP contribution in [0.25, 0.3) is 0 Å². The number of amides is 2. The third-order valence-electron chi connectivity index (χ3n) is 4.16. The summed E-state index contributed by atoms with van der Waals surface area (Å²) >= 11 is 1.37. The predicted molar refractivity (Wildman–Crippen MR) is 88.3 cm³/mol. The van der Waals surface area contributed by atoms with Crippen molar-refractivity contribution < 1.29 is 14.0 Å². The first kappa shape index (κ1) is 15.7. The molecule has 1 atom stereocenters. The molecule has 2 aromatic rings. The van der Waals surface area contributed by atoms with Crippen molar-refractivity contribution in [3.05, 3.63) is 52.0 Å². The zero-order valence-electron chi connectivity index (χ0n) is 13.0. The molecule has 0 bridgehead atoms. The number of rotatable bonds is 3. The van der Waals surface area contributed by atoms with E-state index in [1.807, 2.05) is 18.4 Å². The maximum absolute atomic E-state index is 13.9. The maximum atomic E-state index is 13.9. The lowest BCUT2D eigenvalue weighted by Crippen LogP contribution is -2.43. The first-order chi connectivity index (χ1) is 11.0. The predicted octanol–water partition coefficient (Wildman–Crippen LogP) is 3.07. The standard InChI is InChI=1S/C17H17FN2O2S/c1-11-8-10-23-15(11)17(22)19(2)14-7-9-20(16(14)21)13-6-4-3-5-12(13)18/h3-6,8,10,14H,7,9H2,1-2H3. The van der Waals surface area contributed by atoms with Crippen LogP contribution in [0.4, 0.5) is 10.1 Å². The molecule has 2 heterocycles. The molecule has 0 N–H and O–H groups in total. The molecule has 4 nitrogen and oxygen atoms in total. The minimum atomic E-state index is -0.552. The van der Waals surface area contributed by atoms with Crippen LogP contribution in [-0.4, -0.2) is 36.3 Å². The second-order valence-electron chi connectivity index (χ2n) is 5.59. The van der Waals surface area contributed by atoms with Gasteiger partial charge in [-0.2, -0.15) is 0 Å². The van der Waals surface area contributed by atoms with Crippen LogP contribution in [0.1, 0.15) is 21.7 Å². The SMILES string of the molecule is Cc1ccsc1C(=O)N(C)C1CCN(c2ccccc2F)C1=O. The Bertz CT molecular complexity index is 759. The highest BCUT2D eigenvalue weighted by atomic mass is 32.1. The monoisotopic (exact) mass is 332 g/mol. The maximum Gasteiger partial charge on any atom is 0.264 e. The van der Waals surface area contributed by atoms with Crippen molar-refractivity contribution in [3.63, 3.8) is 0 Å². The quantitative estimate of drug-likeness (QED) is 0.867. The van der Waals surface area contributed by atoms with Crippen LogP contribution in [0.3, 0.4) is 0 Å². The van der Waals surface area contributed by atoms with E-state index in [9.17, 15) is 14.0 Å². The Kier molecular flexibility index (Phi) is 4.17. The van der Waals surface area contributed by atoms with Crippen molar-refractivity contribution in [2.75, 3.05) is 18.5 Å². The van der Waals surface area contributed by atoms with Crippen LogP contribution >= 0.6 is 11.3 Å². The summed E-state index contributed by atoms with van der Waals surface area (Å²) in [6, 6.07) is 7.53. The minimum Gasteiger partial charge on any atom is -0.329 e. The van der Waals surface area contributed by atoms with Crippen molar-refractivity contribution in [1.82, 2.24) is 4.90 Å². The van der Waals surface area contributed by atoms with Gasteiger partial charge < -0.3 is 9.80 Å². The molecular formula is C17H17FN2O2S. The summed E-state index contributed by atoms with van der Waals surface area (Å²) in [6.45, 7) is 2.28. The summed E-state index contributed by atoms with van der Waals surface area (Å²) < 4.78 is 13.9. The molecule has 2 amide bonds. The number of para-hydroxylation sites is 1. The molecule has 0 radical (unpaired) electrons. The van der Waals surface area contributed by atoms with Gasteiger partial charge in [0.15, 0.2) is 0 Å². The Balaban J connectivity index is 1.80. The molecule has 3 rings (SSSR count). The van der Waals surface area contributed by atoms with Crippen molar-refractivity contribution in [2.45, 2.75) is 19.4 Å². The van der Waals surface area contributed by atoms with Crippen LogP contribution in [0, 0.1) is 12.7 Å². The fraction of sp³-hybridized carbons (Fsp3) is 0.294. The number of aryl methyl sites for hydroxylation is 1. The zero-order valence-corrected chi connectivity index (χ0v) is 13.8. The number of nitrogens with zero attached hydrogens (tertiary/aromatic N) is 2. The number of carbonyl (C=O) groups excluding carboxylic acids is 2. The van der Waals surface area contributed by atoms with E-state index in [1.54, 1.807) is 25.2 Å². The minimum absolute atomic E-state index is 0.161. The topological polar surface area (TPSA) is 40.6 Å². The fourth-order valence-corrected chi connectivity index (χ4v) is 3.73. The third kappa shape index (κ3) is 2.74. The molecule has 0 saturated carbocycles. The van der Waals surface area contributed by atoms with Gasteiger partial charge in [-0.3, -0.25) is 9.59 Å². The van der Waals surface area contributed by atoms with E-state index in [0.29, 0.717) is 17.8 Å². The van der Waals surface area contributed by atoms with Gasteiger partial charge in [-0.15, -0.1) is 11.3 Å². The Labute approximate surface area is 138 Å². The summed E-state index contributed by atoms with van der Waals surface area (Å²) in [5, 5.41) is 1.86. The first-order valence-electron chi connectivity index (χ1n) is 7.38. The molecule has 0 spiro atoms. The van der Waals surface area contributed by atoms with Crippen molar-refractivity contribution >= 4 is 28.8 Å². The molecule has 1 aliphatic heterocycles. The largest absolute Gasteiger partial charge is 0.329 e. The molecule has 1 aliphatic rings. The van der Waals surface area contributed by atoms with Crippen molar-refractivity contribution in [2.24, 2.45) is 0 Å². The number of anilines is 1. The van der Waals surface area contributed by atoms with E-state index in [0.717, 1.165) is 5.56 Å². The molecule has 1 saturated heterocycles. The van der Waals surface area contributed by atoms with Gasteiger partial charge in [0.25, 0.3) is 5.91 Å². The van der Waals surface area contributed by atoms with Gasteiger partial charge in [-0.1, -0.05) is 12.1 Å². The van der Waals surface area contributed by atoms with Crippen LogP contribution < -0.4 is 4.90 Å². The molecule has 120 valence electrons. The Morgan fingerprint density at radius 2 is 2.09 bits per heavy atom. The Hall–Kier alpha value is -2.21. The van der Waals surface area contributed by atoms with Crippen molar-refractivity contribution in [3.8, 4) is 0 Å². The van der Waals surface area contributed by atoms with Crippen molar-refractivity contribution in [1.29, 1.82) is 0 Å². The van der Waals surface area contributed by atoms with E-state index >= 15 is 0 Å². The lowest BCUT2D eigenvalue weighted by Gasteiger charge is -2.24. The average molecular weight is 332 g/mol. The molecule has 1 fully saturated rings. The number of halogens is 1. The van der Waals surface area contributed by atoms with E-state index in [4.69, 9.17) is 0 Å². The normalized spacial score (nSPS) is 17.6. The summed E-state index contributed by atoms with van der Waals surface area (Å²) in [5.74, 6) is -0.823. The van der Waals surface area contributed by atoms with Gasteiger partial charge in [0.2, 0.25) is 5.91 Å². The van der Waals surface area contributed by atoms with E-state index in [2.05, 4.69) is 0 Å². The van der Waals surface area contributed by atoms with E-state index in [1.165, 1.54) is 27.2 Å². The smallest absolute Gasteiger partial charge is 0.264 e. The summed E-state index contributed by atoms with van der Waals surface area (Å²) in [6.07, 6.45) is 0.500. The highest BCUT2D eigenvalue weighted by Gasteiger charge is 2.38. The fourth-order valence-electron chi connectivity index (χ4n) is 2.83. The van der Waals surface area contributed by atoms with Gasteiger partial charge in [0.1, 0.15) is 11.9 Å². The van der Waals surface area contributed by atoms with E-state index < -0.39 is 11.9 Å². The molecule has 0 aliphatic carbocycles. The second-order valence-corrected chi connectivity index (χ2v) is 6.51. The summed E-state index contributed by atoms with van der Waals surface area (Å²) in [5.41, 5.74) is 1.18. The van der Waals surface area contributed by atoms with Crippen LogP contribution in [0.15, 0.2) is 35.7 Å². The lowest BCUT2D eigenvalue weighted by atomic mass is 10.2. The number of carbonyl (C=O) groups is 2. The molecule has 23 heavy (non-hydrogen) atoms. The molecule has 1 aromatic heterocycles. The molecular weight excluding hydrogens is 315 g/mol. The zero-order chi connectivity index (χ0) is 16.6. The Morgan fingerprint density at radius 3 is 2.74 bits per heavy atom. The number of likely N-dealkylation sites (N-methyl/N-ethyl adjacent to an activating group) is 1. The van der Waals surface area contributed by atoms with Crippen LogP contribution in [-0.2, 0) is 4.79 Å². The second kappa shape index (κ2) is 6.12. The van der Waals surface area contributed by atoms with Gasteiger partial charge in [0, 0.05) is 13.6 Å². The highest BCUT2D eigenvalue weighted by Crippen LogP contribution is 2.27. The van der Waals surface area contributed by atoms with Crippen LogP contribution in [0.2, 0.25) is 0 Å². The number of benzene rings is 1. The number of hydrogen-bond acceptors (Lipinski definition) is 3. The molecule has 1 unspecified atom stereocenters.